The van der Waals surface area contributed by atoms with Crippen LogP contribution in [-0.2, 0) is 43.9 Å². The Labute approximate surface area is 255 Å². The maximum Gasteiger partial charge on any atom is 0.217 e. The van der Waals surface area contributed by atoms with Gasteiger partial charge in [-0.05, 0) is 83.3 Å². The van der Waals surface area contributed by atoms with Crippen LogP contribution in [0.5, 0.6) is 0 Å². The van der Waals surface area contributed by atoms with Gasteiger partial charge in [0.1, 0.15) is 5.82 Å². The van der Waals surface area contributed by atoms with Crippen LogP contribution in [0.15, 0.2) is 79.1 Å². The van der Waals surface area contributed by atoms with Gasteiger partial charge in [-0.15, -0.1) is 0 Å². The van der Waals surface area contributed by atoms with Crippen molar-refractivity contribution in [2.45, 2.75) is 85.5 Å². The minimum Gasteiger partial charge on any atom is -0.392 e. The minimum atomic E-state index is -0.244. The normalized spacial score (nSPS) is 12.5. The van der Waals surface area contributed by atoms with Gasteiger partial charge in [0.05, 0.1) is 12.3 Å². The highest BCUT2D eigenvalue weighted by molar-refractivity contribution is 5.72. The molecular weight excluding hydrogens is 539 g/mol. The van der Waals surface area contributed by atoms with E-state index in [0.717, 1.165) is 33.5 Å². The first kappa shape index (κ1) is 33.6. The maximum atomic E-state index is 13.3. The lowest BCUT2D eigenvalue weighted by molar-refractivity contribution is -0.119. The second kappa shape index (κ2) is 17.9. The smallest absolute Gasteiger partial charge is 0.217 e. The summed E-state index contributed by atoms with van der Waals surface area (Å²) in [5.74, 6) is -0.240. The number of nitrogens with zero attached hydrogens (tertiary/aromatic N) is 2. The Morgan fingerprint density at radius 1 is 0.907 bits per heavy atom. The molecule has 0 fully saturated rings. The molecule has 0 saturated heterocycles. The van der Waals surface area contributed by atoms with Crippen LogP contribution in [0.2, 0.25) is 0 Å². The van der Waals surface area contributed by atoms with Gasteiger partial charge in [0.2, 0.25) is 5.91 Å². The summed E-state index contributed by atoms with van der Waals surface area (Å²) in [7, 11) is 0. The van der Waals surface area contributed by atoms with Gasteiger partial charge in [-0.3, -0.25) is 14.8 Å². The molecule has 7 heteroatoms. The van der Waals surface area contributed by atoms with E-state index in [2.05, 4.69) is 33.6 Å². The van der Waals surface area contributed by atoms with E-state index in [-0.39, 0.29) is 24.2 Å². The summed E-state index contributed by atoms with van der Waals surface area (Å²) in [5, 5.41) is 15.9. The Morgan fingerprint density at radius 2 is 1.63 bits per heavy atom. The molecule has 1 aliphatic carbocycles. The van der Waals surface area contributed by atoms with Crippen LogP contribution in [0.4, 0.5) is 4.39 Å². The van der Waals surface area contributed by atoms with Crippen LogP contribution < -0.4 is 10.6 Å². The Kier molecular flexibility index (Phi) is 14.0. The largest absolute Gasteiger partial charge is 0.392 e. The molecule has 6 nitrogen and oxygen atoms in total. The molecule has 5 rings (SSSR count). The first-order chi connectivity index (χ1) is 20.9. The van der Waals surface area contributed by atoms with Crippen molar-refractivity contribution in [1.82, 2.24) is 20.6 Å². The monoisotopic (exact) mass is 584 g/mol. The number of rotatable bonds is 9. The molecule has 43 heavy (non-hydrogen) atoms. The van der Waals surface area contributed by atoms with Crippen molar-refractivity contribution in [3.8, 4) is 0 Å². The van der Waals surface area contributed by atoms with E-state index < -0.39 is 0 Å². The third-order valence-electron chi connectivity index (χ3n) is 7.45. The molecule has 1 aliphatic rings. The van der Waals surface area contributed by atoms with Gasteiger partial charge in [-0.1, -0.05) is 63.2 Å². The van der Waals surface area contributed by atoms with Crippen molar-refractivity contribution in [2.24, 2.45) is 0 Å². The van der Waals surface area contributed by atoms with Gasteiger partial charge in [0.15, 0.2) is 0 Å². The van der Waals surface area contributed by atoms with Gasteiger partial charge in [-0.25, -0.2) is 4.39 Å². The molecule has 228 valence electrons. The summed E-state index contributed by atoms with van der Waals surface area (Å²) in [6.45, 7) is 9.09. The van der Waals surface area contributed by atoms with Crippen molar-refractivity contribution in [1.29, 1.82) is 0 Å². The third-order valence-corrected chi connectivity index (χ3v) is 7.45. The number of aliphatic hydroxyl groups is 1. The Balaban J connectivity index is 0.000000350. The number of hydrogen-bond donors (Lipinski definition) is 3. The van der Waals surface area contributed by atoms with Crippen LogP contribution in [0.25, 0.3) is 0 Å². The predicted octanol–water partition coefficient (Wildman–Crippen LogP) is 6.78. The SMILES string of the molecule is CC.CC(=O)NCc1ccc(CNCc2ncccc2C(C)c2ccc(F)cc2)c(CO)c1.c1cnc2c(c1)CCCC2. The Morgan fingerprint density at radius 3 is 2.35 bits per heavy atom. The number of amides is 1. The van der Waals surface area contributed by atoms with Crippen LogP contribution in [-0.4, -0.2) is 21.0 Å². The predicted molar refractivity (Wildman–Crippen MR) is 171 cm³/mol. The third kappa shape index (κ3) is 10.4. The van der Waals surface area contributed by atoms with Crippen molar-refractivity contribution in [3.05, 3.63) is 130 Å². The van der Waals surface area contributed by atoms with E-state index in [1.54, 1.807) is 18.3 Å². The van der Waals surface area contributed by atoms with E-state index in [1.807, 2.05) is 56.4 Å². The van der Waals surface area contributed by atoms with Gasteiger partial charge >= 0.3 is 0 Å². The summed E-state index contributed by atoms with van der Waals surface area (Å²) in [6.07, 6.45) is 8.76. The van der Waals surface area contributed by atoms with Crippen LogP contribution in [0.3, 0.4) is 0 Å². The average molecular weight is 585 g/mol. The maximum absolute atomic E-state index is 13.3. The van der Waals surface area contributed by atoms with E-state index in [9.17, 15) is 14.3 Å². The molecule has 0 bridgehead atoms. The second-order valence-electron chi connectivity index (χ2n) is 10.4. The fraction of sp³-hybridized carbons (Fsp3) is 0.361. The molecule has 1 amide bonds. The summed E-state index contributed by atoms with van der Waals surface area (Å²) >= 11 is 0. The molecule has 2 aromatic heterocycles. The van der Waals surface area contributed by atoms with Crippen LogP contribution in [0.1, 0.15) is 91.2 Å². The van der Waals surface area contributed by atoms with Gasteiger partial charge < -0.3 is 15.7 Å². The zero-order valence-corrected chi connectivity index (χ0v) is 25.9. The first-order valence-electron chi connectivity index (χ1n) is 15.2. The second-order valence-corrected chi connectivity index (χ2v) is 10.4. The number of nitrogens with one attached hydrogen (secondary N) is 2. The summed E-state index contributed by atoms with van der Waals surface area (Å²) < 4.78 is 13.3. The lowest BCUT2D eigenvalue weighted by atomic mass is 9.92. The molecule has 0 aliphatic heterocycles. The molecule has 2 aromatic carbocycles. The standard InChI is InChI=1S/C25H28FN3O2.C9H11N.C2H6/c1-17(20-7-9-23(26)10-8-20)24-4-3-11-28-25(24)15-27-14-21-6-5-19(12-22(21)16-30)13-29-18(2)31;1-2-6-9-8(4-1)5-3-7-10-9;1-2/h3-12,17,27,30H,13-16H2,1-2H3,(H,29,31);3,5,7H,1-2,4,6H2;1-2H3. The quantitative estimate of drug-likeness (QED) is 0.202. The Bertz CT molecular complexity index is 1400. The molecule has 0 saturated carbocycles. The van der Waals surface area contributed by atoms with E-state index in [1.165, 1.54) is 56.0 Å². The topological polar surface area (TPSA) is 87.1 Å². The summed E-state index contributed by atoms with van der Waals surface area (Å²) in [4.78, 5) is 20.0. The van der Waals surface area contributed by atoms with Gasteiger partial charge in [0, 0.05) is 50.6 Å². The van der Waals surface area contributed by atoms with E-state index in [0.29, 0.717) is 19.6 Å². The number of aliphatic hydroxyl groups excluding tert-OH is 1. The molecule has 4 aromatic rings. The van der Waals surface area contributed by atoms with Crippen LogP contribution in [0, 0.1) is 5.82 Å². The van der Waals surface area contributed by atoms with Gasteiger partial charge in [-0.2, -0.15) is 0 Å². The number of hydrogen-bond acceptors (Lipinski definition) is 5. The number of carbonyl (C=O) groups is 1. The lowest BCUT2D eigenvalue weighted by Crippen LogP contribution is -2.20. The molecule has 1 atom stereocenters. The fourth-order valence-electron chi connectivity index (χ4n) is 5.11. The van der Waals surface area contributed by atoms with E-state index in [4.69, 9.17) is 0 Å². The summed E-state index contributed by atoms with van der Waals surface area (Å²) in [6, 6.07) is 20.6. The van der Waals surface area contributed by atoms with Crippen molar-refractivity contribution in [2.75, 3.05) is 0 Å². The number of aryl methyl sites for hydroxylation is 2. The average Bonchev–Trinajstić information content (AvgIpc) is 3.05. The number of carbonyl (C=O) groups excluding carboxylic acids is 1. The van der Waals surface area contributed by atoms with Gasteiger partial charge in [0.25, 0.3) is 0 Å². The van der Waals surface area contributed by atoms with Crippen molar-refractivity contribution in [3.63, 3.8) is 0 Å². The highest BCUT2D eigenvalue weighted by atomic mass is 19.1. The highest BCUT2D eigenvalue weighted by Crippen LogP contribution is 2.26. The zero-order chi connectivity index (χ0) is 31.0. The minimum absolute atomic E-state index is 0.0681. The van der Waals surface area contributed by atoms with E-state index >= 15 is 0 Å². The number of benzene rings is 2. The molecule has 1 unspecified atom stereocenters. The fourth-order valence-corrected chi connectivity index (χ4v) is 5.11. The molecular formula is C36H45FN4O2. The molecule has 2 heterocycles. The molecule has 3 N–H and O–H groups in total. The van der Waals surface area contributed by atoms with Crippen molar-refractivity contribution >= 4 is 5.91 Å². The highest BCUT2D eigenvalue weighted by Gasteiger charge is 2.14. The number of halogens is 1. The number of aromatic nitrogens is 2. The van der Waals surface area contributed by atoms with Crippen molar-refractivity contribution < 1.29 is 14.3 Å². The van der Waals surface area contributed by atoms with Crippen LogP contribution >= 0.6 is 0 Å². The Hall–Kier alpha value is -3.94. The lowest BCUT2D eigenvalue weighted by Gasteiger charge is -2.17. The zero-order valence-electron chi connectivity index (χ0n) is 25.9. The molecule has 0 radical (unpaired) electrons. The number of pyridine rings is 2. The molecule has 0 spiro atoms. The first-order valence-corrected chi connectivity index (χ1v) is 15.2. The number of fused-ring (bicyclic) bond motifs is 1. The summed E-state index contributed by atoms with van der Waals surface area (Å²) in [5.41, 5.74) is 8.63.